The summed E-state index contributed by atoms with van der Waals surface area (Å²) in [6.07, 6.45) is 0. The number of hydrogen-bond acceptors (Lipinski definition) is 5. The van der Waals surface area contributed by atoms with Gasteiger partial charge in [0, 0.05) is 5.56 Å². The Morgan fingerprint density at radius 1 is 1.27 bits per heavy atom. The van der Waals surface area contributed by atoms with Gasteiger partial charge < -0.3 is 9.47 Å². The molecule has 0 radical (unpaired) electrons. The molecule has 15 heavy (non-hydrogen) atoms. The molecule has 1 heterocycles. The molecular formula is C10H13N3O2. The molecule has 0 bridgehead atoms. The van der Waals surface area contributed by atoms with Crippen molar-refractivity contribution in [2.45, 2.75) is 19.8 Å². The molecule has 1 aromatic heterocycles. The largest absolute Gasteiger partial charge is 0.481 e. The quantitative estimate of drug-likeness (QED) is 0.750. The highest BCUT2D eigenvalue weighted by Crippen LogP contribution is 2.25. The fraction of sp³-hybridized carbons (Fsp3) is 0.500. The van der Waals surface area contributed by atoms with Crippen LogP contribution >= 0.6 is 0 Å². The highest BCUT2D eigenvalue weighted by Gasteiger charge is 2.16. The number of nitriles is 1. The van der Waals surface area contributed by atoms with E-state index in [-0.39, 0.29) is 11.9 Å². The predicted molar refractivity (Wildman–Crippen MR) is 53.9 cm³/mol. The Morgan fingerprint density at radius 2 is 1.93 bits per heavy atom. The molecular weight excluding hydrogens is 194 g/mol. The lowest BCUT2D eigenvalue weighted by Crippen LogP contribution is -2.05. The smallest absolute Gasteiger partial charge is 0.319 e. The van der Waals surface area contributed by atoms with E-state index in [9.17, 15) is 0 Å². The maximum absolute atomic E-state index is 8.85. The second-order valence-corrected chi connectivity index (χ2v) is 3.08. The number of methoxy groups -OCH3 is 2. The van der Waals surface area contributed by atoms with E-state index >= 15 is 0 Å². The van der Waals surface area contributed by atoms with Crippen LogP contribution in [0.5, 0.6) is 11.9 Å². The molecule has 1 unspecified atom stereocenters. The van der Waals surface area contributed by atoms with Crippen LogP contribution < -0.4 is 9.47 Å². The van der Waals surface area contributed by atoms with Crippen LogP contribution in [0, 0.1) is 18.3 Å². The van der Waals surface area contributed by atoms with Gasteiger partial charge in [0.1, 0.15) is 0 Å². The van der Waals surface area contributed by atoms with Gasteiger partial charge in [0.25, 0.3) is 0 Å². The summed E-state index contributed by atoms with van der Waals surface area (Å²) in [4.78, 5) is 8.16. The molecule has 1 atom stereocenters. The van der Waals surface area contributed by atoms with Gasteiger partial charge >= 0.3 is 6.01 Å². The third kappa shape index (κ3) is 2.15. The third-order valence-corrected chi connectivity index (χ3v) is 2.10. The van der Waals surface area contributed by atoms with Crippen molar-refractivity contribution in [1.29, 1.82) is 5.26 Å². The second kappa shape index (κ2) is 4.60. The van der Waals surface area contributed by atoms with Crippen LogP contribution in [0.4, 0.5) is 0 Å². The van der Waals surface area contributed by atoms with Crippen LogP contribution in [0.15, 0.2) is 0 Å². The summed E-state index contributed by atoms with van der Waals surface area (Å²) < 4.78 is 10.0. The molecule has 0 spiro atoms. The number of rotatable bonds is 3. The number of ether oxygens (including phenoxy) is 2. The maximum atomic E-state index is 8.85. The van der Waals surface area contributed by atoms with Crippen LogP contribution in [0.25, 0.3) is 0 Å². The number of hydrogen-bond donors (Lipinski definition) is 0. The molecule has 0 fully saturated rings. The highest BCUT2D eigenvalue weighted by atomic mass is 16.5. The lowest BCUT2D eigenvalue weighted by molar-refractivity contribution is 0.347. The number of aromatic nitrogens is 2. The standard InChI is InChI=1S/C10H13N3O2/c1-6(5-11)8-7(2)9(14-3)13-10(12-8)15-4/h6H,1-4H3. The molecule has 0 aliphatic carbocycles. The van der Waals surface area contributed by atoms with E-state index in [1.54, 1.807) is 6.92 Å². The summed E-state index contributed by atoms with van der Waals surface area (Å²) in [5.74, 6) is 0.134. The molecule has 0 N–H and O–H groups in total. The zero-order valence-electron chi connectivity index (χ0n) is 9.24. The van der Waals surface area contributed by atoms with Crippen LogP contribution in [-0.2, 0) is 0 Å². The molecule has 80 valence electrons. The molecule has 5 heteroatoms. The fourth-order valence-electron chi connectivity index (χ4n) is 1.26. The molecule has 0 aromatic carbocycles. The van der Waals surface area contributed by atoms with Gasteiger partial charge in [0.05, 0.1) is 31.9 Å². The van der Waals surface area contributed by atoms with E-state index in [2.05, 4.69) is 16.0 Å². The first-order valence-electron chi connectivity index (χ1n) is 4.50. The van der Waals surface area contributed by atoms with Gasteiger partial charge in [-0.15, -0.1) is 0 Å². The average molecular weight is 207 g/mol. The third-order valence-electron chi connectivity index (χ3n) is 2.10. The average Bonchev–Trinajstić information content (AvgIpc) is 2.28. The fourth-order valence-corrected chi connectivity index (χ4v) is 1.26. The van der Waals surface area contributed by atoms with Gasteiger partial charge in [0.2, 0.25) is 5.88 Å². The maximum Gasteiger partial charge on any atom is 0.319 e. The van der Waals surface area contributed by atoms with Crippen molar-refractivity contribution < 1.29 is 9.47 Å². The molecule has 5 nitrogen and oxygen atoms in total. The van der Waals surface area contributed by atoms with Gasteiger partial charge in [-0.3, -0.25) is 0 Å². The van der Waals surface area contributed by atoms with E-state index in [4.69, 9.17) is 14.7 Å². The van der Waals surface area contributed by atoms with Crippen LogP contribution in [0.1, 0.15) is 24.1 Å². The number of nitrogens with zero attached hydrogens (tertiary/aromatic N) is 3. The summed E-state index contributed by atoms with van der Waals surface area (Å²) in [6, 6.07) is 2.34. The second-order valence-electron chi connectivity index (χ2n) is 3.08. The molecule has 0 aliphatic rings. The first-order chi connectivity index (χ1) is 7.13. The Labute approximate surface area is 88.7 Å². The van der Waals surface area contributed by atoms with Gasteiger partial charge in [-0.05, 0) is 13.8 Å². The van der Waals surface area contributed by atoms with E-state index in [1.165, 1.54) is 14.2 Å². The predicted octanol–water partition coefficient (Wildman–Crippen LogP) is 1.43. The minimum absolute atomic E-state index is 0.217. The van der Waals surface area contributed by atoms with Crippen molar-refractivity contribution in [1.82, 2.24) is 9.97 Å². The lowest BCUT2D eigenvalue weighted by atomic mass is 10.1. The van der Waals surface area contributed by atoms with E-state index in [0.717, 1.165) is 5.56 Å². The Balaban J connectivity index is 3.31. The summed E-state index contributed by atoms with van der Waals surface area (Å²) in [7, 11) is 3.00. The minimum Gasteiger partial charge on any atom is -0.481 e. The first-order valence-corrected chi connectivity index (χ1v) is 4.50. The summed E-state index contributed by atoms with van der Waals surface area (Å²) >= 11 is 0. The molecule has 0 amide bonds. The summed E-state index contributed by atoms with van der Waals surface area (Å²) in [5.41, 5.74) is 1.41. The Bertz CT molecular complexity index is 398. The van der Waals surface area contributed by atoms with Crippen LogP contribution in [-0.4, -0.2) is 24.2 Å². The molecule has 0 saturated carbocycles. The topological polar surface area (TPSA) is 68.0 Å². The Kier molecular flexibility index (Phi) is 3.45. The van der Waals surface area contributed by atoms with E-state index in [0.29, 0.717) is 11.6 Å². The van der Waals surface area contributed by atoms with Crippen molar-refractivity contribution in [3.05, 3.63) is 11.3 Å². The minimum atomic E-state index is -0.309. The summed E-state index contributed by atoms with van der Waals surface area (Å²) in [5, 5.41) is 8.85. The monoisotopic (exact) mass is 207 g/mol. The lowest BCUT2D eigenvalue weighted by Gasteiger charge is -2.11. The van der Waals surface area contributed by atoms with E-state index in [1.807, 2.05) is 6.92 Å². The molecule has 0 aliphatic heterocycles. The molecule has 0 saturated heterocycles. The van der Waals surface area contributed by atoms with E-state index < -0.39 is 0 Å². The normalized spacial score (nSPS) is 11.7. The van der Waals surface area contributed by atoms with Crippen molar-refractivity contribution in [2.75, 3.05) is 14.2 Å². The Morgan fingerprint density at radius 3 is 2.40 bits per heavy atom. The molecule has 1 aromatic rings. The Hall–Kier alpha value is -1.83. The van der Waals surface area contributed by atoms with Gasteiger partial charge in [-0.2, -0.15) is 15.2 Å². The first kappa shape index (κ1) is 11.2. The van der Waals surface area contributed by atoms with Gasteiger partial charge in [-0.1, -0.05) is 0 Å². The van der Waals surface area contributed by atoms with Crippen molar-refractivity contribution in [3.8, 4) is 18.0 Å². The zero-order chi connectivity index (χ0) is 11.4. The van der Waals surface area contributed by atoms with Gasteiger partial charge in [-0.25, -0.2) is 0 Å². The van der Waals surface area contributed by atoms with Crippen LogP contribution in [0.3, 0.4) is 0 Å². The van der Waals surface area contributed by atoms with Crippen molar-refractivity contribution in [2.24, 2.45) is 0 Å². The van der Waals surface area contributed by atoms with Crippen molar-refractivity contribution in [3.63, 3.8) is 0 Å². The SMILES string of the molecule is COc1nc(OC)c(C)c(C(C)C#N)n1. The van der Waals surface area contributed by atoms with Crippen LogP contribution in [0.2, 0.25) is 0 Å². The van der Waals surface area contributed by atoms with Gasteiger partial charge in [0.15, 0.2) is 0 Å². The zero-order valence-corrected chi connectivity index (χ0v) is 9.24. The summed E-state index contributed by atoms with van der Waals surface area (Å²) in [6.45, 7) is 3.59. The highest BCUT2D eigenvalue weighted by molar-refractivity contribution is 5.35. The van der Waals surface area contributed by atoms with Crippen molar-refractivity contribution >= 4 is 0 Å². The molecule has 1 rings (SSSR count).